The highest BCUT2D eigenvalue weighted by molar-refractivity contribution is 5.10. The molecular formula is C16H32N4. The first-order chi connectivity index (χ1) is 9.64. The van der Waals surface area contributed by atoms with E-state index in [0.29, 0.717) is 0 Å². The molecule has 1 unspecified atom stereocenters. The summed E-state index contributed by atoms with van der Waals surface area (Å²) in [4.78, 5) is 7.23. The van der Waals surface area contributed by atoms with Crippen LogP contribution in [0.5, 0.6) is 0 Å². The molecule has 20 heavy (non-hydrogen) atoms. The molecule has 0 saturated heterocycles. The Balaban J connectivity index is 3.28. The van der Waals surface area contributed by atoms with Crippen LogP contribution in [0.4, 0.5) is 0 Å². The maximum absolute atomic E-state index is 4.64. The smallest absolute Gasteiger partial charge is 0.127 e. The number of aromatic nitrogens is 2. The SMILES string of the molecule is CCN(CC)C(CC)(CC)C(NC)c1nccn1CC. The lowest BCUT2D eigenvalue weighted by molar-refractivity contribution is 0.0472. The Labute approximate surface area is 124 Å². The van der Waals surface area contributed by atoms with Gasteiger partial charge in [0.1, 0.15) is 5.82 Å². The zero-order valence-corrected chi connectivity index (χ0v) is 14.1. The molecule has 0 amide bonds. The van der Waals surface area contributed by atoms with Crippen molar-refractivity contribution in [3.8, 4) is 0 Å². The Bertz CT molecular complexity index is 378. The topological polar surface area (TPSA) is 33.1 Å². The molecule has 0 aliphatic rings. The average Bonchev–Trinajstić information content (AvgIpc) is 2.95. The monoisotopic (exact) mass is 280 g/mol. The molecule has 4 heteroatoms. The number of hydrogen-bond donors (Lipinski definition) is 1. The van der Waals surface area contributed by atoms with Gasteiger partial charge in [0.25, 0.3) is 0 Å². The third-order valence-electron chi connectivity index (χ3n) is 4.79. The van der Waals surface area contributed by atoms with E-state index in [-0.39, 0.29) is 11.6 Å². The summed E-state index contributed by atoms with van der Waals surface area (Å²) in [5.74, 6) is 1.16. The van der Waals surface area contributed by atoms with E-state index in [1.807, 2.05) is 6.20 Å². The van der Waals surface area contributed by atoms with Crippen LogP contribution in [0.3, 0.4) is 0 Å². The number of imidazole rings is 1. The van der Waals surface area contributed by atoms with E-state index in [4.69, 9.17) is 0 Å². The van der Waals surface area contributed by atoms with Crippen molar-refractivity contribution in [2.24, 2.45) is 0 Å². The molecule has 0 aliphatic heterocycles. The lowest BCUT2D eigenvalue weighted by Crippen LogP contribution is -2.56. The van der Waals surface area contributed by atoms with Gasteiger partial charge in [0.2, 0.25) is 0 Å². The molecule has 0 saturated carbocycles. The quantitative estimate of drug-likeness (QED) is 0.754. The van der Waals surface area contributed by atoms with Crippen LogP contribution in [-0.4, -0.2) is 40.1 Å². The number of nitrogens with zero attached hydrogens (tertiary/aromatic N) is 3. The number of hydrogen-bond acceptors (Lipinski definition) is 3. The van der Waals surface area contributed by atoms with Crippen molar-refractivity contribution >= 4 is 0 Å². The normalized spacial score (nSPS) is 13.9. The van der Waals surface area contributed by atoms with Crippen molar-refractivity contribution in [1.29, 1.82) is 0 Å². The highest BCUT2D eigenvalue weighted by atomic mass is 15.2. The first kappa shape index (κ1) is 17.2. The summed E-state index contributed by atoms with van der Waals surface area (Å²) in [6.45, 7) is 14.4. The molecule has 4 nitrogen and oxygen atoms in total. The minimum atomic E-state index is 0.122. The van der Waals surface area contributed by atoms with Gasteiger partial charge in [0.15, 0.2) is 0 Å². The summed E-state index contributed by atoms with van der Waals surface area (Å²) in [5.41, 5.74) is 0.122. The van der Waals surface area contributed by atoms with Crippen molar-refractivity contribution in [2.75, 3.05) is 20.1 Å². The Morgan fingerprint density at radius 2 is 1.80 bits per heavy atom. The van der Waals surface area contributed by atoms with E-state index < -0.39 is 0 Å². The van der Waals surface area contributed by atoms with Crippen LogP contribution in [0.2, 0.25) is 0 Å². The molecule has 0 aromatic carbocycles. The maximum atomic E-state index is 4.64. The first-order valence-electron chi connectivity index (χ1n) is 8.08. The summed E-state index contributed by atoms with van der Waals surface area (Å²) in [6.07, 6.45) is 6.24. The molecule has 1 atom stereocenters. The number of nitrogens with one attached hydrogen (secondary N) is 1. The van der Waals surface area contributed by atoms with Gasteiger partial charge in [-0.25, -0.2) is 4.98 Å². The highest BCUT2D eigenvalue weighted by Gasteiger charge is 2.41. The van der Waals surface area contributed by atoms with Crippen LogP contribution in [0.15, 0.2) is 12.4 Å². The van der Waals surface area contributed by atoms with Gasteiger partial charge in [0.05, 0.1) is 6.04 Å². The second-order valence-corrected chi connectivity index (χ2v) is 5.28. The fourth-order valence-electron chi connectivity index (χ4n) is 3.63. The van der Waals surface area contributed by atoms with Gasteiger partial charge in [-0.3, -0.25) is 4.90 Å². The summed E-state index contributed by atoms with van der Waals surface area (Å²) < 4.78 is 2.25. The van der Waals surface area contributed by atoms with Crippen LogP contribution in [0.1, 0.15) is 59.3 Å². The van der Waals surface area contributed by atoms with Crippen molar-refractivity contribution in [3.05, 3.63) is 18.2 Å². The van der Waals surface area contributed by atoms with E-state index in [1.165, 1.54) is 0 Å². The third kappa shape index (κ3) is 2.91. The highest BCUT2D eigenvalue weighted by Crippen LogP contribution is 2.36. The summed E-state index contributed by atoms with van der Waals surface area (Å²) in [6, 6.07) is 0.257. The molecule has 1 aromatic heterocycles. The summed E-state index contributed by atoms with van der Waals surface area (Å²) in [5, 5.41) is 3.55. The fourth-order valence-corrected chi connectivity index (χ4v) is 3.63. The average molecular weight is 280 g/mol. The fraction of sp³-hybridized carbons (Fsp3) is 0.812. The predicted octanol–water partition coefficient (Wildman–Crippen LogP) is 3.06. The van der Waals surface area contributed by atoms with Gasteiger partial charge < -0.3 is 9.88 Å². The predicted molar refractivity (Wildman–Crippen MR) is 85.9 cm³/mol. The Kier molecular flexibility index (Phi) is 6.69. The lowest BCUT2D eigenvalue weighted by Gasteiger charge is -2.47. The van der Waals surface area contributed by atoms with Crippen LogP contribution < -0.4 is 5.32 Å². The lowest BCUT2D eigenvalue weighted by atomic mass is 9.81. The molecule has 1 aromatic rings. The number of likely N-dealkylation sites (N-methyl/N-ethyl adjacent to an activating group) is 2. The van der Waals surface area contributed by atoms with Crippen LogP contribution in [-0.2, 0) is 6.54 Å². The largest absolute Gasteiger partial charge is 0.334 e. The molecule has 116 valence electrons. The van der Waals surface area contributed by atoms with Gasteiger partial charge in [0, 0.05) is 24.5 Å². The third-order valence-corrected chi connectivity index (χ3v) is 4.79. The Hall–Kier alpha value is -0.870. The van der Waals surface area contributed by atoms with E-state index in [2.05, 4.69) is 67.6 Å². The van der Waals surface area contributed by atoms with Crippen LogP contribution >= 0.6 is 0 Å². The molecule has 0 spiro atoms. The van der Waals surface area contributed by atoms with Gasteiger partial charge >= 0.3 is 0 Å². The second-order valence-electron chi connectivity index (χ2n) is 5.28. The molecule has 1 N–H and O–H groups in total. The van der Waals surface area contributed by atoms with E-state index in [0.717, 1.165) is 38.3 Å². The standard InChI is InChI=1S/C16H32N4/c1-7-16(8-2,20(10-4)11-5)14(17-6)15-18-12-13-19(15)9-3/h12-14,17H,7-11H2,1-6H3. The number of aryl methyl sites for hydroxylation is 1. The Morgan fingerprint density at radius 1 is 1.20 bits per heavy atom. The van der Waals surface area contributed by atoms with E-state index in [9.17, 15) is 0 Å². The van der Waals surface area contributed by atoms with Crippen molar-refractivity contribution in [1.82, 2.24) is 19.8 Å². The summed E-state index contributed by atoms with van der Waals surface area (Å²) in [7, 11) is 2.06. The van der Waals surface area contributed by atoms with Gasteiger partial charge in [-0.2, -0.15) is 0 Å². The molecule has 1 heterocycles. The molecule has 0 bridgehead atoms. The van der Waals surface area contributed by atoms with Gasteiger partial charge in [-0.05, 0) is 39.9 Å². The van der Waals surface area contributed by atoms with E-state index in [1.54, 1.807) is 0 Å². The summed E-state index contributed by atoms with van der Waals surface area (Å²) >= 11 is 0. The molecule has 0 aliphatic carbocycles. The maximum Gasteiger partial charge on any atom is 0.127 e. The van der Waals surface area contributed by atoms with Gasteiger partial charge in [-0.15, -0.1) is 0 Å². The van der Waals surface area contributed by atoms with Crippen molar-refractivity contribution in [3.63, 3.8) is 0 Å². The molecule has 1 rings (SSSR count). The molecular weight excluding hydrogens is 248 g/mol. The zero-order chi connectivity index (χ0) is 15.2. The minimum Gasteiger partial charge on any atom is -0.334 e. The van der Waals surface area contributed by atoms with Crippen molar-refractivity contribution < 1.29 is 0 Å². The minimum absolute atomic E-state index is 0.122. The second kappa shape index (κ2) is 7.79. The van der Waals surface area contributed by atoms with Gasteiger partial charge in [-0.1, -0.05) is 27.7 Å². The zero-order valence-electron chi connectivity index (χ0n) is 14.1. The Morgan fingerprint density at radius 3 is 2.20 bits per heavy atom. The number of rotatable bonds is 9. The van der Waals surface area contributed by atoms with E-state index >= 15 is 0 Å². The van der Waals surface area contributed by atoms with Crippen molar-refractivity contribution in [2.45, 2.75) is 65.6 Å². The van der Waals surface area contributed by atoms with Crippen LogP contribution in [0, 0.1) is 0 Å². The molecule has 0 radical (unpaired) electrons. The van der Waals surface area contributed by atoms with Crippen LogP contribution in [0.25, 0.3) is 0 Å². The first-order valence-corrected chi connectivity index (χ1v) is 8.08. The molecule has 0 fully saturated rings.